The van der Waals surface area contributed by atoms with E-state index in [1.807, 2.05) is 4.90 Å². The van der Waals surface area contributed by atoms with Crippen LogP contribution in [0.25, 0.3) is 17.4 Å². The summed E-state index contributed by atoms with van der Waals surface area (Å²) >= 11 is 0. The van der Waals surface area contributed by atoms with Crippen LogP contribution in [-0.2, 0) is 0 Å². The van der Waals surface area contributed by atoms with E-state index in [4.69, 9.17) is 15.3 Å². The third kappa shape index (κ3) is 6.05. The van der Waals surface area contributed by atoms with Crippen LogP contribution < -0.4 is 21.3 Å². The van der Waals surface area contributed by atoms with Gasteiger partial charge in [-0.2, -0.15) is 19.5 Å². The first-order chi connectivity index (χ1) is 18.9. The number of nitrogens with zero attached hydrogens (tertiary/aromatic N) is 7. The van der Waals surface area contributed by atoms with Gasteiger partial charge in [-0.3, -0.25) is 9.69 Å². The van der Waals surface area contributed by atoms with Crippen molar-refractivity contribution in [2.45, 2.75) is 6.10 Å². The van der Waals surface area contributed by atoms with Crippen LogP contribution in [0.15, 0.2) is 41.0 Å². The number of carbonyl (C=O) groups is 1. The van der Waals surface area contributed by atoms with Gasteiger partial charge in [0.2, 0.25) is 17.7 Å². The number of aliphatic hydroxyl groups excluding tert-OH is 2. The Balaban J connectivity index is 1.11. The lowest BCUT2D eigenvalue weighted by Crippen LogP contribution is -2.48. The second kappa shape index (κ2) is 11.6. The van der Waals surface area contributed by atoms with E-state index < -0.39 is 24.4 Å². The predicted octanol–water partition coefficient (Wildman–Crippen LogP) is -0.182. The summed E-state index contributed by atoms with van der Waals surface area (Å²) in [6, 6.07) is 7.80. The number of piperazine rings is 1. The van der Waals surface area contributed by atoms with E-state index in [2.05, 4.69) is 35.6 Å². The van der Waals surface area contributed by atoms with Crippen molar-refractivity contribution in [3.63, 3.8) is 0 Å². The third-order valence-electron chi connectivity index (χ3n) is 6.32. The zero-order valence-corrected chi connectivity index (χ0v) is 21.0. The molecule has 0 radical (unpaired) electrons. The van der Waals surface area contributed by atoms with E-state index in [1.165, 1.54) is 16.8 Å². The highest BCUT2D eigenvalue weighted by Gasteiger charge is 2.21. The number of nitrogens with one attached hydrogen (secondary N) is 2. The first-order valence-electron chi connectivity index (χ1n) is 12.4. The number of rotatable bonds is 10. The monoisotopic (exact) mass is 540 g/mol. The molecule has 3 aromatic heterocycles. The fourth-order valence-electron chi connectivity index (χ4n) is 4.21. The number of fused-ring (bicyclic) bond motifs is 1. The fraction of sp³-hybridized carbons (Fsp3) is 0.375. The van der Waals surface area contributed by atoms with Crippen molar-refractivity contribution < 1.29 is 23.8 Å². The number of nitrogen functional groups attached to an aromatic ring is 1. The van der Waals surface area contributed by atoms with Crippen LogP contribution in [0.3, 0.4) is 0 Å². The summed E-state index contributed by atoms with van der Waals surface area (Å²) in [6.45, 7) is 3.39. The zero-order valence-electron chi connectivity index (χ0n) is 21.0. The lowest BCUT2D eigenvalue weighted by atomic mass is 10.1. The highest BCUT2D eigenvalue weighted by molar-refractivity contribution is 5.94. The Morgan fingerprint density at radius 2 is 2.00 bits per heavy atom. The fourth-order valence-corrected chi connectivity index (χ4v) is 4.21. The van der Waals surface area contributed by atoms with Crippen LogP contribution >= 0.6 is 0 Å². The molecular weight excluding hydrogens is 511 g/mol. The van der Waals surface area contributed by atoms with Gasteiger partial charge in [-0.05, 0) is 30.3 Å². The van der Waals surface area contributed by atoms with Crippen molar-refractivity contribution in [1.29, 1.82) is 0 Å². The number of nitrogens with two attached hydrogens (primary N) is 1. The number of benzene rings is 1. The highest BCUT2D eigenvalue weighted by atomic mass is 19.1. The van der Waals surface area contributed by atoms with E-state index in [0.717, 1.165) is 13.1 Å². The first kappa shape index (κ1) is 26.3. The molecule has 1 amide bonds. The van der Waals surface area contributed by atoms with E-state index in [1.54, 1.807) is 24.3 Å². The molecule has 15 heteroatoms. The summed E-state index contributed by atoms with van der Waals surface area (Å²) in [6.07, 6.45) is 0.473. The lowest BCUT2D eigenvalue weighted by Gasteiger charge is -2.36. The van der Waals surface area contributed by atoms with E-state index in [0.29, 0.717) is 55.2 Å². The molecule has 14 nitrogen and oxygen atoms in total. The Morgan fingerprint density at radius 3 is 2.72 bits per heavy atom. The van der Waals surface area contributed by atoms with Crippen LogP contribution in [0, 0.1) is 5.82 Å². The average Bonchev–Trinajstić information content (AvgIpc) is 3.63. The molecule has 0 spiro atoms. The van der Waals surface area contributed by atoms with Crippen LogP contribution in [0.2, 0.25) is 0 Å². The van der Waals surface area contributed by atoms with Crippen LogP contribution in [0.1, 0.15) is 10.4 Å². The van der Waals surface area contributed by atoms with E-state index in [-0.39, 0.29) is 18.1 Å². The van der Waals surface area contributed by atoms with Gasteiger partial charge in [-0.1, -0.05) is 0 Å². The molecule has 1 aliphatic rings. The standard InChI is InChI=1S/C24H29FN10O4/c25-17-12-15(21(38)28-13-16(37)14-36)3-4-18(17)34-9-7-33(8-10-34)6-5-27-23-30-22(26)35-24(31-23)29-20(32-35)19-2-1-11-39-19/h1-4,11-12,16,36-37H,5-10,13-14H2,(H,28,38)(H3,26,27,29,30,31,32). The van der Waals surface area contributed by atoms with Crippen molar-refractivity contribution in [3.05, 3.63) is 48.0 Å². The molecule has 4 heterocycles. The highest BCUT2D eigenvalue weighted by Crippen LogP contribution is 2.22. The average molecular weight is 541 g/mol. The number of aromatic nitrogens is 5. The van der Waals surface area contributed by atoms with Crippen molar-refractivity contribution >= 4 is 29.3 Å². The van der Waals surface area contributed by atoms with Gasteiger partial charge in [0.25, 0.3) is 11.7 Å². The molecule has 1 aliphatic heterocycles. The molecule has 1 fully saturated rings. The normalized spacial score (nSPS) is 15.0. The maximum Gasteiger partial charge on any atom is 0.259 e. The smallest absolute Gasteiger partial charge is 0.259 e. The van der Waals surface area contributed by atoms with Crippen molar-refractivity contribution in [2.24, 2.45) is 0 Å². The molecule has 4 aromatic rings. The van der Waals surface area contributed by atoms with Gasteiger partial charge in [-0.25, -0.2) is 4.39 Å². The quantitative estimate of drug-likeness (QED) is 0.179. The van der Waals surface area contributed by atoms with E-state index >= 15 is 0 Å². The number of furan rings is 1. The van der Waals surface area contributed by atoms with Crippen LogP contribution in [-0.4, -0.2) is 104 Å². The van der Waals surface area contributed by atoms with Gasteiger partial charge in [0.15, 0.2) is 5.76 Å². The molecule has 39 heavy (non-hydrogen) atoms. The van der Waals surface area contributed by atoms with Crippen molar-refractivity contribution in [2.75, 3.05) is 68.4 Å². The number of anilines is 3. The van der Waals surface area contributed by atoms with Gasteiger partial charge in [0.05, 0.1) is 24.7 Å². The molecule has 1 atom stereocenters. The molecule has 0 bridgehead atoms. The predicted molar refractivity (Wildman–Crippen MR) is 140 cm³/mol. The Morgan fingerprint density at radius 1 is 1.18 bits per heavy atom. The summed E-state index contributed by atoms with van der Waals surface area (Å²) in [5, 5.41) is 28.1. The summed E-state index contributed by atoms with van der Waals surface area (Å²) in [4.78, 5) is 29.3. The molecule has 6 N–H and O–H groups in total. The van der Waals surface area contributed by atoms with Gasteiger partial charge in [0, 0.05) is 51.4 Å². The second-order valence-electron chi connectivity index (χ2n) is 9.00. The summed E-state index contributed by atoms with van der Waals surface area (Å²) < 4.78 is 21.5. The molecule has 0 saturated carbocycles. The van der Waals surface area contributed by atoms with Gasteiger partial charge in [-0.15, -0.1) is 5.10 Å². The lowest BCUT2D eigenvalue weighted by molar-refractivity contribution is 0.0801. The summed E-state index contributed by atoms with van der Waals surface area (Å²) in [5.41, 5.74) is 6.61. The number of aliphatic hydroxyl groups is 2. The van der Waals surface area contributed by atoms with Crippen LogP contribution in [0.4, 0.5) is 22.0 Å². The van der Waals surface area contributed by atoms with E-state index in [9.17, 15) is 14.3 Å². The second-order valence-corrected chi connectivity index (χ2v) is 9.00. The Kier molecular flexibility index (Phi) is 7.81. The van der Waals surface area contributed by atoms with Gasteiger partial charge < -0.3 is 35.9 Å². The van der Waals surface area contributed by atoms with Crippen molar-refractivity contribution in [3.8, 4) is 11.6 Å². The molecule has 0 aliphatic carbocycles. The summed E-state index contributed by atoms with van der Waals surface area (Å²) in [7, 11) is 0. The van der Waals surface area contributed by atoms with Crippen LogP contribution in [0.5, 0.6) is 0 Å². The molecule has 206 valence electrons. The molecular formula is C24H29FN10O4. The largest absolute Gasteiger partial charge is 0.461 e. The number of hydrogen-bond acceptors (Lipinski definition) is 12. The number of hydrogen-bond donors (Lipinski definition) is 5. The molecule has 1 aromatic carbocycles. The Hall–Kier alpha value is -4.34. The zero-order chi connectivity index (χ0) is 27.4. The minimum Gasteiger partial charge on any atom is -0.461 e. The maximum absolute atomic E-state index is 14.8. The van der Waals surface area contributed by atoms with Gasteiger partial charge >= 0.3 is 0 Å². The first-order valence-corrected chi connectivity index (χ1v) is 12.4. The molecule has 5 rings (SSSR count). The number of amides is 1. The Labute approximate surface area is 222 Å². The molecule has 1 unspecified atom stereocenters. The summed E-state index contributed by atoms with van der Waals surface area (Å²) in [5.74, 6) is 0.654. The SMILES string of the molecule is Nc1nc(NCCN2CCN(c3ccc(C(=O)NCC(O)CO)cc3F)CC2)nc2nc(-c3ccco3)nn12. The topological polar surface area (TPSA) is 183 Å². The number of halogens is 1. The third-order valence-corrected chi connectivity index (χ3v) is 6.32. The van der Waals surface area contributed by atoms with Gasteiger partial charge in [0.1, 0.15) is 5.82 Å². The maximum atomic E-state index is 14.8. The van der Waals surface area contributed by atoms with Crippen molar-refractivity contribution in [1.82, 2.24) is 34.8 Å². The Bertz CT molecular complexity index is 1420. The minimum atomic E-state index is -1.06. The number of carbonyl (C=O) groups excluding carboxylic acids is 1. The minimum absolute atomic E-state index is 0.114. The molecule has 1 saturated heterocycles.